The molecule has 0 aliphatic heterocycles. The van der Waals surface area contributed by atoms with E-state index in [1.165, 1.54) is 6.33 Å². The van der Waals surface area contributed by atoms with Crippen molar-refractivity contribution in [3.8, 4) is 0 Å². The van der Waals surface area contributed by atoms with Gasteiger partial charge in [-0.25, -0.2) is 9.97 Å². The predicted octanol–water partition coefficient (Wildman–Crippen LogP) is 2.27. The fourth-order valence-corrected chi connectivity index (χ4v) is 2.03. The molecule has 0 bridgehead atoms. The van der Waals surface area contributed by atoms with Crippen LogP contribution < -0.4 is 16.2 Å². The van der Waals surface area contributed by atoms with E-state index >= 15 is 0 Å². The first-order valence-electron chi connectivity index (χ1n) is 7.39. The van der Waals surface area contributed by atoms with E-state index in [0.717, 1.165) is 12.0 Å². The number of hydrazine groups is 1. The predicted molar refractivity (Wildman–Crippen MR) is 89.7 cm³/mol. The van der Waals surface area contributed by atoms with Crippen LogP contribution >= 0.6 is 0 Å². The number of hydrogen-bond acceptors (Lipinski definition) is 7. The molecule has 126 valence electrons. The average Bonchev–Trinajstić information content (AvgIpc) is 2.57. The van der Waals surface area contributed by atoms with Crippen molar-refractivity contribution in [2.24, 2.45) is 0 Å². The number of nitrogens with one attached hydrogen (secondary N) is 3. The molecule has 1 aromatic carbocycles. The summed E-state index contributed by atoms with van der Waals surface area (Å²) >= 11 is 0. The number of nitrogens with zero attached hydrogens (tertiary/aromatic N) is 3. The van der Waals surface area contributed by atoms with E-state index in [0.29, 0.717) is 12.1 Å². The summed E-state index contributed by atoms with van der Waals surface area (Å²) in [5.74, 6) is -0.399. The van der Waals surface area contributed by atoms with Gasteiger partial charge in [0, 0.05) is 12.1 Å². The van der Waals surface area contributed by atoms with Crippen LogP contribution in [0.5, 0.6) is 0 Å². The summed E-state index contributed by atoms with van der Waals surface area (Å²) in [5.41, 5.74) is 5.86. The van der Waals surface area contributed by atoms with Gasteiger partial charge in [-0.1, -0.05) is 25.1 Å². The summed E-state index contributed by atoms with van der Waals surface area (Å²) in [6, 6.07) is 7.02. The first-order valence-corrected chi connectivity index (χ1v) is 7.39. The smallest absolute Gasteiger partial charge is 0.354 e. The molecule has 0 aliphatic rings. The summed E-state index contributed by atoms with van der Waals surface area (Å²) in [7, 11) is 0. The van der Waals surface area contributed by atoms with Crippen molar-refractivity contribution < 1.29 is 9.72 Å². The molecule has 0 spiro atoms. The van der Waals surface area contributed by atoms with Crippen LogP contribution in [0.3, 0.4) is 0 Å². The third-order valence-electron chi connectivity index (χ3n) is 3.23. The number of carbonyl (C=O) groups excluding carboxylic acids is 1. The standard InChI is InChI=1S/C15H18N6O3/c1-3-8-16-13-12(21(23)24)14(18-9-17-13)19-20-15(22)11-7-5-4-6-10(11)2/h4-7,9H,3,8H2,1-2H3,(H,20,22)(H2,16,17,18,19). The fourth-order valence-electron chi connectivity index (χ4n) is 2.03. The topological polar surface area (TPSA) is 122 Å². The molecule has 0 unspecified atom stereocenters. The van der Waals surface area contributed by atoms with Crippen molar-refractivity contribution in [2.45, 2.75) is 20.3 Å². The second-order valence-electron chi connectivity index (χ2n) is 5.00. The highest BCUT2D eigenvalue weighted by atomic mass is 16.6. The largest absolute Gasteiger partial charge is 0.364 e. The summed E-state index contributed by atoms with van der Waals surface area (Å²) < 4.78 is 0. The maximum Gasteiger partial charge on any atom is 0.354 e. The van der Waals surface area contributed by atoms with E-state index in [2.05, 4.69) is 26.1 Å². The average molecular weight is 330 g/mol. The molecule has 9 heteroatoms. The molecule has 0 saturated heterocycles. The Morgan fingerprint density at radius 3 is 2.62 bits per heavy atom. The van der Waals surface area contributed by atoms with Gasteiger partial charge in [-0.05, 0) is 25.0 Å². The lowest BCUT2D eigenvalue weighted by Gasteiger charge is -2.11. The second kappa shape index (κ2) is 7.86. The Labute approximate surface area is 138 Å². The van der Waals surface area contributed by atoms with Crippen LogP contribution in [0.15, 0.2) is 30.6 Å². The lowest BCUT2D eigenvalue weighted by atomic mass is 10.1. The number of nitro groups is 1. The summed E-state index contributed by atoms with van der Waals surface area (Å²) in [6.45, 7) is 4.27. The lowest BCUT2D eigenvalue weighted by molar-refractivity contribution is -0.383. The van der Waals surface area contributed by atoms with Crippen LogP contribution in [0.2, 0.25) is 0 Å². The number of amides is 1. The van der Waals surface area contributed by atoms with Crippen molar-refractivity contribution in [2.75, 3.05) is 17.3 Å². The van der Waals surface area contributed by atoms with E-state index in [1.54, 1.807) is 25.1 Å². The molecule has 0 atom stereocenters. The summed E-state index contributed by atoms with van der Waals surface area (Å²) in [6.07, 6.45) is 1.97. The van der Waals surface area contributed by atoms with Gasteiger partial charge >= 0.3 is 5.69 Å². The number of aryl methyl sites for hydroxylation is 1. The van der Waals surface area contributed by atoms with Gasteiger partial charge in [-0.3, -0.25) is 25.8 Å². The highest BCUT2D eigenvalue weighted by Crippen LogP contribution is 2.28. The molecule has 0 radical (unpaired) electrons. The monoisotopic (exact) mass is 330 g/mol. The van der Waals surface area contributed by atoms with Gasteiger partial charge in [0.25, 0.3) is 5.91 Å². The van der Waals surface area contributed by atoms with Crippen LogP contribution in [0.1, 0.15) is 29.3 Å². The maximum absolute atomic E-state index is 12.2. The van der Waals surface area contributed by atoms with Gasteiger partial charge in [0.2, 0.25) is 11.6 Å². The molecule has 3 N–H and O–H groups in total. The Kier molecular flexibility index (Phi) is 5.61. The molecular weight excluding hydrogens is 312 g/mol. The summed E-state index contributed by atoms with van der Waals surface area (Å²) in [5, 5.41) is 14.2. The van der Waals surface area contributed by atoms with Gasteiger partial charge in [-0.2, -0.15) is 0 Å². The Hall–Kier alpha value is -3.23. The maximum atomic E-state index is 12.2. The molecule has 1 amide bonds. The van der Waals surface area contributed by atoms with Gasteiger partial charge in [0.15, 0.2) is 0 Å². The van der Waals surface area contributed by atoms with Gasteiger partial charge < -0.3 is 5.32 Å². The quantitative estimate of drug-likeness (QED) is 0.525. The molecule has 2 aromatic rings. The van der Waals surface area contributed by atoms with Crippen molar-refractivity contribution in [1.29, 1.82) is 0 Å². The Morgan fingerprint density at radius 1 is 1.25 bits per heavy atom. The highest BCUT2D eigenvalue weighted by molar-refractivity contribution is 5.96. The van der Waals surface area contributed by atoms with Crippen LogP contribution in [-0.2, 0) is 0 Å². The zero-order valence-corrected chi connectivity index (χ0v) is 13.4. The molecule has 0 aliphatic carbocycles. The lowest BCUT2D eigenvalue weighted by Crippen LogP contribution is -2.31. The molecule has 24 heavy (non-hydrogen) atoms. The fraction of sp³-hybridized carbons (Fsp3) is 0.267. The Bertz CT molecular complexity index is 750. The SMILES string of the molecule is CCCNc1ncnc(NNC(=O)c2ccccc2C)c1[N+](=O)[O-]. The molecule has 1 aromatic heterocycles. The van der Waals surface area contributed by atoms with Crippen molar-refractivity contribution in [3.63, 3.8) is 0 Å². The molecule has 0 saturated carbocycles. The van der Waals surface area contributed by atoms with E-state index in [1.807, 2.05) is 13.0 Å². The third kappa shape index (κ3) is 3.94. The van der Waals surface area contributed by atoms with Crippen LogP contribution in [0.4, 0.5) is 17.3 Å². The zero-order valence-electron chi connectivity index (χ0n) is 13.4. The van der Waals surface area contributed by atoms with Gasteiger partial charge in [0.1, 0.15) is 6.33 Å². The van der Waals surface area contributed by atoms with Crippen LogP contribution in [0, 0.1) is 17.0 Å². The Balaban J connectivity index is 2.19. The summed E-state index contributed by atoms with van der Waals surface area (Å²) in [4.78, 5) is 30.6. The normalized spacial score (nSPS) is 10.1. The molecule has 0 fully saturated rings. The molecular formula is C15H18N6O3. The number of rotatable bonds is 7. The highest BCUT2D eigenvalue weighted by Gasteiger charge is 2.23. The van der Waals surface area contributed by atoms with Gasteiger partial charge in [-0.15, -0.1) is 0 Å². The number of carbonyl (C=O) groups is 1. The Morgan fingerprint density at radius 2 is 1.96 bits per heavy atom. The number of aromatic nitrogens is 2. The number of anilines is 2. The van der Waals surface area contributed by atoms with Crippen molar-refractivity contribution >= 4 is 23.2 Å². The van der Waals surface area contributed by atoms with E-state index in [9.17, 15) is 14.9 Å². The van der Waals surface area contributed by atoms with Crippen LogP contribution in [-0.4, -0.2) is 27.3 Å². The van der Waals surface area contributed by atoms with Crippen molar-refractivity contribution in [3.05, 3.63) is 51.8 Å². The van der Waals surface area contributed by atoms with E-state index < -0.39 is 10.8 Å². The number of benzene rings is 1. The molecule has 1 heterocycles. The number of hydrogen-bond donors (Lipinski definition) is 3. The third-order valence-corrected chi connectivity index (χ3v) is 3.23. The molecule has 9 nitrogen and oxygen atoms in total. The minimum Gasteiger partial charge on any atom is -0.364 e. The first-order chi connectivity index (χ1) is 11.5. The van der Waals surface area contributed by atoms with Crippen molar-refractivity contribution in [1.82, 2.24) is 15.4 Å². The van der Waals surface area contributed by atoms with Gasteiger partial charge in [0.05, 0.1) is 4.92 Å². The second-order valence-corrected chi connectivity index (χ2v) is 5.00. The minimum absolute atomic E-state index is 0.0875. The zero-order chi connectivity index (χ0) is 17.5. The minimum atomic E-state index is -0.597. The van der Waals surface area contributed by atoms with E-state index in [4.69, 9.17) is 0 Å². The van der Waals surface area contributed by atoms with Crippen LogP contribution in [0.25, 0.3) is 0 Å². The molecule has 2 rings (SSSR count). The van der Waals surface area contributed by atoms with E-state index in [-0.39, 0.29) is 17.3 Å². The first kappa shape index (κ1) is 17.1.